The Balaban J connectivity index is 1.61. The number of nitrogens with zero attached hydrogens (tertiary/aromatic N) is 3. The molecule has 138 valence electrons. The highest BCUT2D eigenvalue weighted by Gasteiger charge is 2.31. The molecule has 2 atom stereocenters. The maximum absolute atomic E-state index is 12.3. The highest BCUT2D eigenvalue weighted by Crippen LogP contribution is 2.29. The molecule has 0 radical (unpaired) electrons. The number of hydrogen-bond donors (Lipinski definition) is 2. The molecule has 2 aromatic rings. The number of nitrogens with one attached hydrogen (secondary N) is 2. The molecule has 0 aromatic carbocycles. The summed E-state index contributed by atoms with van der Waals surface area (Å²) in [5, 5.41) is 5.64. The van der Waals surface area contributed by atoms with Crippen LogP contribution in [0, 0.1) is 0 Å². The Labute approximate surface area is 151 Å². The van der Waals surface area contributed by atoms with E-state index < -0.39 is 0 Å². The van der Waals surface area contributed by atoms with E-state index in [1.54, 1.807) is 32.5 Å². The molecule has 0 bridgehead atoms. The molecule has 2 N–H and O–H groups in total. The van der Waals surface area contributed by atoms with Gasteiger partial charge in [0.1, 0.15) is 18.2 Å². The summed E-state index contributed by atoms with van der Waals surface area (Å²) in [5.41, 5.74) is 1.57. The van der Waals surface area contributed by atoms with Crippen molar-refractivity contribution in [1.29, 1.82) is 0 Å². The van der Waals surface area contributed by atoms with Gasteiger partial charge in [-0.15, -0.1) is 0 Å². The van der Waals surface area contributed by atoms with Gasteiger partial charge in [0.2, 0.25) is 5.88 Å². The number of carbonyl (C=O) groups excluding carboxylic acids is 1. The van der Waals surface area contributed by atoms with Crippen LogP contribution in [0.3, 0.4) is 0 Å². The zero-order valence-electron chi connectivity index (χ0n) is 14.6. The van der Waals surface area contributed by atoms with E-state index >= 15 is 0 Å². The standard InChI is InChI=1S/C17H21N5O4/c1-24-9-12-7-14(20-10-19-12)22-17(23)21-13-5-6-26-16(13)11-3-4-15(25-2)18-8-11/h3-4,7-8,10,13,16H,5-6,9H2,1-2H3,(H2,19,20,21,22,23)/t13-,16+/m1/s1. The highest BCUT2D eigenvalue weighted by atomic mass is 16.5. The van der Waals surface area contributed by atoms with Crippen molar-refractivity contribution in [3.05, 3.63) is 42.0 Å². The molecule has 9 heteroatoms. The van der Waals surface area contributed by atoms with Crippen molar-refractivity contribution in [3.63, 3.8) is 0 Å². The lowest BCUT2D eigenvalue weighted by Crippen LogP contribution is -2.39. The topological polar surface area (TPSA) is 107 Å². The van der Waals surface area contributed by atoms with Crippen LogP contribution in [0.4, 0.5) is 10.6 Å². The first kappa shape index (κ1) is 18.0. The SMILES string of the molecule is COCc1cc(NC(=O)N[C@@H]2CCO[C@H]2c2ccc(OC)nc2)ncn1. The van der Waals surface area contributed by atoms with Crippen molar-refractivity contribution in [2.45, 2.75) is 25.2 Å². The molecule has 9 nitrogen and oxygen atoms in total. The van der Waals surface area contributed by atoms with Gasteiger partial charge in [-0.05, 0) is 12.5 Å². The third kappa shape index (κ3) is 4.44. The van der Waals surface area contributed by atoms with Crippen LogP contribution in [0.15, 0.2) is 30.7 Å². The molecule has 1 saturated heterocycles. The fourth-order valence-electron chi connectivity index (χ4n) is 2.76. The van der Waals surface area contributed by atoms with Gasteiger partial charge in [0.05, 0.1) is 25.5 Å². The van der Waals surface area contributed by atoms with Crippen LogP contribution in [0.5, 0.6) is 5.88 Å². The maximum Gasteiger partial charge on any atom is 0.320 e. The van der Waals surface area contributed by atoms with Crippen LogP contribution in [0.25, 0.3) is 0 Å². The van der Waals surface area contributed by atoms with Gasteiger partial charge < -0.3 is 19.5 Å². The highest BCUT2D eigenvalue weighted by molar-refractivity contribution is 5.88. The molecule has 1 aliphatic rings. The number of urea groups is 1. The molecule has 0 aliphatic carbocycles. The fraction of sp³-hybridized carbons (Fsp3) is 0.412. The van der Waals surface area contributed by atoms with Gasteiger partial charge in [-0.1, -0.05) is 0 Å². The van der Waals surface area contributed by atoms with Crippen molar-refractivity contribution in [3.8, 4) is 5.88 Å². The van der Waals surface area contributed by atoms with Gasteiger partial charge in [0, 0.05) is 37.6 Å². The Hall–Kier alpha value is -2.78. The van der Waals surface area contributed by atoms with E-state index in [1.807, 2.05) is 6.07 Å². The third-order valence-corrected chi connectivity index (χ3v) is 3.96. The van der Waals surface area contributed by atoms with E-state index in [1.165, 1.54) is 6.33 Å². The molecule has 0 unspecified atom stereocenters. The Morgan fingerprint density at radius 2 is 2.19 bits per heavy atom. The predicted molar refractivity (Wildman–Crippen MR) is 92.8 cm³/mol. The molecule has 1 fully saturated rings. The summed E-state index contributed by atoms with van der Waals surface area (Å²) < 4.78 is 15.9. The van der Waals surface area contributed by atoms with Crippen LogP contribution in [-0.2, 0) is 16.1 Å². The Kier molecular flexibility index (Phi) is 5.92. The fourth-order valence-corrected chi connectivity index (χ4v) is 2.76. The number of amides is 2. The van der Waals surface area contributed by atoms with Crippen molar-refractivity contribution in [1.82, 2.24) is 20.3 Å². The molecule has 3 heterocycles. The summed E-state index contributed by atoms with van der Waals surface area (Å²) >= 11 is 0. The maximum atomic E-state index is 12.3. The Morgan fingerprint density at radius 3 is 2.92 bits per heavy atom. The van der Waals surface area contributed by atoms with Gasteiger partial charge in [-0.25, -0.2) is 19.7 Å². The summed E-state index contributed by atoms with van der Waals surface area (Å²) in [6.45, 7) is 0.912. The number of methoxy groups -OCH3 is 2. The van der Waals surface area contributed by atoms with E-state index in [9.17, 15) is 4.79 Å². The second kappa shape index (κ2) is 8.54. The van der Waals surface area contributed by atoms with Crippen LogP contribution >= 0.6 is 0 Å². The average Bonchev–Trinajstić information content (AvgIpc) is 3.10. The van der Waals surface area contributed by atoms with Gasteiger partial charge in [-0.3, -0.25) is 5.32 Å². The van der Waals surface area contributed by atoms with Gasteiger partial charge in [0.25, 0.3) is 0 Å². The molecule has 0 spiro atoms. The number of ether oxygens (including phenoxy) is 3. The monoisotopic (exact) mass is 359 g/mol. The zero-order chi connectivity index (χ0) is 18.4. The smallest absolute Gasteiger partial charge is 0.320 e. The quantitative estimate of drug-likeness (QED) is 0.808. The van der Waals surface area contributed by atoms with E-state index in [0.29, 0.717) is 37.0 Å². The lowest BCUT2D eigenvalue weighted by atomic mass is 10.0. The number of anilines is 1. The van der Waals surface area contributed by atoms with Gasteiger partial charge in [-0.2, -0.15) is 0 Å². The minimum Gasteiger partial charge on any atom is -0.481 e. The summed E-state index contributed by atoms with van der Waals surface area (Å²) in [7, 11) is 3.14. The van der Waals surface area contributed by atoms with E-state index in [0.717, 1.165) is 5.56 Å². The summed E-state index contributed by atoms with van der Waals surface area (Å²) in [6.07, 6.45) is 3.54. The van der Waals surface area contributed by atoms with Crippen LogP contribution < -0.4 is 15.4 Å². The first-order chi connectivity index (χ1) is 12.7. The summed E-state index contributed by atoms with van der Waals surface area (Å²) in [4.78, 5) is 24.6. The molecule has 3 rings (SSSR count). The number of rotatable bonds is 6. The Bertz CT molecular complexity index is 740. The number of pyridine rings is 1. The molecule has 1 aliphatic heterocycles. The normalized spacial score (nSPS) is 19.2. The van der Waals surface area contributed by atoms with Gasteiger partial charge in [0.15, 0.2) is 0 Å². The van der Waals surface area contributed by atoms with Crippen LogP contribution in [0.2, 0.25) is 0 Å². The number of hydrogen-bond acceptors (Lipinski definition) is 7. The number of aromatic nitrogens is 3. The second-order valence-corrected chi connectivity index (χ2v) is 5.75. The third-order valence-electron chi connectivity index (χ3n) is 3.96. The molecular weight excluding hydrogens is 338 g/mol. The molecule has 2 aromatic heterocycles. The lowest BCUT2D eigenvalue weighted by Gasteiger charge is -2.20. The average molecular weight is 359 g/mol. The van der Waals surface area contributed by atoms with Crippen molar-refractivity contribution < 1.29 is 19.0 Å². The zero-order valence-corrected chi connectivity index (χ0v) is 14.6. The lowest BCUT2D eigenvalue weighted by molar-refractivity contribution is 0.100. The summed E-state index contributed by atoms with van der Waals surface area (Å²) in [5.74, 6) is 0.941. The van der Waals surface area contributed by atoms with Gasteiger partial charge >= 0.3 is 6.03 Å². The van der Waals surface area contributed by atoms with Crippen molar-refractivity contribution in [2.24, 2.45) is 0 Å². The van der Waals surface area contributed by atoms with E-state index in [4.69, 9.17) is 14.2 Å². The largest absolute Gasteiger partial charge is 0.481 e. The first-order valence-corrected chi connectivity index (χ1v) is 8.18. The second-order valence-electron chi connectivity index (χ2n) is 5.75. The van der Waals surface area contributed by atoms with Crippen molar-refractivity contribution >= 4 is 11.8 Å². The van der Waals surface area contributed by atoms with E-state index in [2.05, 4.69) is 25.6 Å². The molecule has 0 saturated carbocycles. The molecule has 26 heavy (non-hydrogen) atoms. The Morgan fingerprint density at radius 1 is 1.31 bits per heavy atom. The molecular formula is C17H21N5O4. The first-order valence-electron chi connectivity index (χ1n) is 8.18. The van der Waals surface area contributed by atoms with Crippen LogP contribution in [0.1, 0.15) is 23.8 Å². The minimum atomic E-state index is -0.353. The minimum absolute atomic E-state index is 0.162. The van der Waals surface area contributed by atoms with Crippen LogP contribution in [-0.4, -0.2) is 47.9 Å². The van der Waals surface area contributed by atoms with E-state index in [-0.39, 0.29) is 18.2 Å². The predicted octanol–water partition coefficient (Wildman–Crippen LogP) is 1.68. The molecule has 2 amide bonds. The number of carbonyl (C=O) groups is 1. The van der Waals surface area contributed by atoms with Crippen molar-refractivity contribution in [2.75, 3.05) is 26.1 Å². The summed E-state index contributed by atoms with van der Waals surface area (Å²) in [6, 6.07) is 4.81.